The van der Waals surface area contributed by atoms with Crippen LogP contribution in [0.3, 0.4) is 0 Å². The first-order valence-electron chi connectivity index (χ1n) is 11.7. The minimum Gasteiger partial charge on any atom is -0.390 e. The Balaban J connectivity index is 0.000000266. The van der Waals surface area contributed by atoms with E-state index >= 15 is 0 Å². The average molecular weight is 524 g/mol. The van der Waals surface area contributed by atoms with Crippen molar-refractivity contribution in [3.8, 4) is 11.3 Å². The second-order valence-corrected chi connectivity index (χ2v) is 10.7. The normalized spacial score (nSPS) is 21.9. The lowest BCUT2D eigenvalue weighted by Gasteiger charge is -2.24. The molecule has 1 aromatic carbocycles. The van der Waals surface area contributed by atoms with E-state index in [0.717, 1.165) is 19.3 Å². The average Bonchev–Trinajstić information content (AvgIpc) is 3.36. The van der Waals surface area contributed by atoms with E-state index in [1.165, 1.54) is 12.5 Å². The van der Waals surface area contributed by atoms with E-state index in [2.05, 4.69) is 15.0 Å². The van der Waals surface area contributed by atoms with Crippen molar-refractivity contribution >= 4 is 40.8 Å². The van der Waals surface area contributed by atoms with E-state index in [-0.39, 0.29) is 39.4 Å². The second kappa shape index (κ2) is 9.74. The Hall–Kier alpha value is -2.11. The summed E-state index contributed by atoms with van der Waals surface area (Å²) >= 11 is 11.3. The van der Waals surface area contributed by atoms with Crippen LogP contribution < -0.4 is 5.73 Å². The molecule has 0 unspecified atom stereocenters. The van der Waals surface area contributed by atoms with Gasteiger partial charge in [-0.3, -0.25) is 0 Å². The first-order chi connectivity index (χ1) is 16.4. The Kier molecular flexibility index (Phi) is 7.23. The van der Waals surface area contributed by atoms with Gasteiger partial charge in [0, 0.05) is 11.6 Å². The summed E-state index contributed by atoms with van der Waals surface area (Å²) in [6, 6.07) is 3.00. The van der Waals surface area contributed by atoms with Crippen molar-refractivity contribution < 1.29 is 19.3 Å². The van der Waals surface area contributed by atoms with Crippen molar-refractivity contribution in [2.24, 2.45) is 0 Å². The molecule has 3 atom stereocenters. The summed E-state index contributed by atoms with van der Waals surface area (Å²) in [7, 11) is 0. The quantitative estimate of drug-likeness (QED) is 0.355. The van der Waals surface area contributed by atoms with Crippen LogP contribution in [-0.2, 0) is 10.3 Å². The standard InChI is InChI=1S/C17H19ClFN5OS.C7H12O2/c1-7(2)24-10-6-8(12-11(18)14(26)23-16(20)22-12)5-9(19)13(10)21-15(24)17(3,4)25;8-6-3-1-5-2-4-7(6)9-5/h5-7,25H,1-4H3,(H3,20,22,23,26);5-8H,1-4H2/t;5-,6+,7+/m.1/s1. The third kappa shape index (κ3) is 5.22. The Bertz CT molecular complexity index is 1300. The van der Waals surface area contributed by atoms with E-state index in [1.54, 1.807) is 24.5 Å². The molecule has 4 heterocycles. The van der Waals surface area contributed by atoms with Crippen LogP contribution in [0.2, 0.25) is 5.02 Å². The molecule has 0 saturated carbocycles. The molecule has 2 aromatic heterocycles. The number of nitrogens with two attached hydrogens (primary N) is 1. The minimum absolute atomic E-state index is 0.0486. The van der Waals surface area contributed by atoms with Crippen LogP contribution in [0.4, 0.5) is 10.3 Å². The Morgan fingerprint density at radius 2 is 1.94 bits per heavy atom. The molecule has 8 nitrogen and oxygen atoms in total. The lowest BCUT2D eigenvalue weighted by molar-refractivity contribution is -0.0746. The fraction of sp³-hybridized carbons (Fsp3) is 0.542. The van der Waals surface area contributed by atoms with E-state index in [1.807, 2.05) is 13.8 Å². The summed E-state index contributed by atoms with van der Waals surface area (Å²) in [5.41, 5.74) is 6.05. The molecule has 5 N–H and O–H groups in total. The lowest BCUT2D eigenvalue weighted by atomic mass is 10.1. The number of hydrogen-bond donors (Lipinski definition) is 4. The van der Waals surface area contributed by atoms with Crippen molar-refractivity contribution in [3.63, 3.8) is 0 Å². The number of benzene rings is 1. The lowest BCUT2D eigenvalue weighted by Crippen LogP contribution is -2.31. The largest absolute Gasteiger partial charge is 0.390 e. The van der Waals surface area contributed by atoms with Crippen LogP contribution in [0, 0.1) is 10.5 Å². The van der Waals surface area contributed by atoms with E-state index in [4.69, 9.17) is 34.3 Å². The first kappa shape index (κ1) is 26.0. The van der Waals surface area contributed by atoms with Crippen molar-refractivity contribution in [3.05, 3.63) is 33.4 Å². The van der Waals surface area contributed by atoms with Gasteiger partial charge in [0.1, 0.15) is 22.0 Å². The Morgan fingerprint density at radius 1 is 1.26 bits per heavy atom. The highest BCUT2D eigenvalue weighted by Gasteiger charge is 2.35. The summed E-state index contributed by atoms with van der Waals surface area (Å²) in [5.74, 6) is -0.0653. The number of fused-ring (bicyclic) bond motifs is 3. The molecule has 35 heavy (non-hydrogen) atoms. The summed E-state index contributed by atoms with van der Waals surface area (Å²) in [6.07, 6.45) is 4.77. The molecule has 0 radical (unpaired) electrons. The van der Waals surface area contributed by atoms with Crippen LogP contribution in [0.25, 0.3) is 22.3 Å². The van der Waals surface area contributed by atoms with Crippen LogP contribution >= 0.6 is 23.8 Å². The molecular formula is C24H31ClFN5O3S. The number of rotatable bonds is 3. The van der Waals surface area contributed by atoms with Gasteiger partial charge in [-0.2, -0.15) is 0 Å². The van der Waals surface area contributed by atoms with Gasteiger partial charge >= 0.3 is 0 Å². The molecule has 2 bridgehead atoms. The first-order valence-corrected chi connectivity index (χ1v) is 12.5. The maximum Gasteiger partial charge on any atom is 0.199 e. The zero-order valence-corrected chi connectivity index (χ0v) is 21.8. The highest BCUT2D eigenvalue weighted by Crippen LogP contribution is 2.35. The molecule has 2 aliphatic rings. The minimum atomic E-state index is -1.23. The third-order valence-electron chi connectivity index (χ3n) is 6.34. The number of aliphatic hydroxyl groups excluding tert-OH is 1. The third-order valence-corrected chi connectivity index (χ3v) is 7.11. The number of hydrogen-bond acceptors (Lipinski definition) is 7. The van der Waals surface area contributed by atoms with Crippen LogP contribution in [0.15, 0.2) is 12.1 Å². The smallest absolute Gasteiger partial charge is 0.199 e. The molecule has 0 amide bonds. The highest BCUT2D eigenvalue weighted by atomic mass is 35.5. The predicted molar refractivity (Wildman–Crippen MR) is 136 cm³/mol. The molecule has 2 fully saturated rings. The van der Waals surface area contributed by atoms with Gasteiger partial charge < -0.3 is 30.2 Å². The molecule has 2 saturated heterocycles. The van der Waals surface area contributed by atoms with Gasteiger partial charge in [0.05, 0.1) is 29.5 Å². The van der Waals surface area contributed by atoms with Crippen molar-refractivity contribution in [1.82, 2.24) is 19.5 Å². The summed E-state index contributed by atoms with van der Waals surface area (Å²) < 4.78 is 22.2. The molecule has 2 aliphatic heterocycles. The van der Waals surface area contributed by atoms with Crippen molar-refractivity contribution in [2.75, 3.05) is 5.73 Å². The zero-order chi connectivity index (χ0) is 25.7. The molecule has 5 rings (SSSR count). The van der Waals surface area contributed by atoms with E-state index < -0.39 is 11.4 Å². The van der Waals surface area contributed by atoms with Gasteiger partial charge in [-0.05, 0) is 65.5 Å². The number of nitrogen functional groups attached to an aromatic ring is 1. The SMILES string of the molecule is CC(C)n1c(C(C)(C)O)nc2c(F)cc(-c3[nH]c(N)nc(=S)c3Cl)cc21.O[C@H]1CC[C@@H]2CC[C@@H]1O2. The highest BCUT2D eigenvalue weighted by molar-refractivity contribution is 7.71. The van der Waals surface area contributed by atoms with Gasteiger partial charge in [-0.15, -0.1) is 0 Å². The molecule has 0 aliphatic carbocycles. The molecule has 11 heteroatoms. The van der Waals surface area contributed by atoms with Crippen molar-refractivity contribution in [1.29, 1.82) is 0 Å². The van der Waals surface area contributed by atoms with Crippen LogP contribution in [0.1, 0.15) is 65.2 Å². The summed E-state index contributed by atoms with van der Waals surface area (Å²) in [6.45, 7) is 7.10. The van der Waals surface area contributed by atoms with Crippen LogP contribution in [0.5, 0.6) is 0 Å². The number of aromatic nitrogens is 4. The topological polar surface area (TPSA) is 122 Å². The fourth-order valence-electron chi connectivity index (χ4n) is 4.70. The number of anilines is 1. The van der Waals surface area contributed by atoms with E-state index in [0.29, 0.717) is 28.7 Å². The number of ether oxygens (including phenoxy) is 1. The van der Waals surface area contributed by atoms with E-state index in [9.17, 15) is 14.6 Å². The maximum absolute atomic E-state index is 14.8. The monoisotopic (exact) mass is 523 g/mol. The second-order valence-electron chi connectivity index (χ2n) is 9.92. The van der Waals surface area contributed by atoms with Crippen molar-refractivity contribution in [2.45, 2.75) is 83.3 Å². The van der Waals surface area contributed by atoms with Gasteiger partial charge in [-0.1, -0.05) is 23.8 Å². The number of imidazole rings is 1. The number of nitrogens with one attached hydrogen (secondary N) is 1. The van der Waals surface area contributed by atoms with Gasteiger partial charge in [0.25, 0.3) is 0 Å². The predicted octanol–water partition coefficient (Wildman–Crippen LogP) is 5.03. The number of aliphatic hydroxyl groups is 2. The Morgan fingerprint density at radius 3 is 2.57 bits per heavy atom. The van der Waals surface area contributed by atoms with Gasteiger partial charge in [0.15, 0.2) is 16.4 Å². The van der Waals surface area contributed by atoms with Gasteiger partial charge in [-0.25, -0.2) is 14.4 Å². The number of halogens is 2. The van der Waals surface area contributed by atoms with Crippen LogP contribution in [-0.4, -0.2) is 48.0 Å². The molecule has 3 aromatic rings. The number of aromatic amines is 1. The zero-order valence-electron chi connectivity index (χ0n) is 20.2. The summed E-state index contributed by atoms with van der Waals surface area (Å²) in [4.78, 5) is 11.1. The van der Waals surface area contributed by atoms with Gasteiger partial charge in [0.2, 0.25) is 0 Å². The Labute approximate surface area is 213 Å². The molecule has 0 spiro atoms. The number of nitrogens with zero attached hydrogens (tertiary/aromatic N) is 3. The molecular weight excluding hydrogens is 493 g/mol. The maximum atomic E-state index is 14.8. The number of H-pyrrole nitrogens is 1. The molecule has 190 valence electrons. The summed E-state index contributed by atoms with van der Waals surface area (Å²) in [5, 5.41) is 19.9. The fourth-order valence-corrected chi connectivity index (χ4v) is 5.10.